The summed E-state index contributed by atoms with van der Waals surface area (Å²) in [6, 6.07) is 10.1. The van der Waals surface area contributed by atoms with E-state index in [0.29, 0.717) is 11.5 Å². The van der Waals surface area contributed by atoms with Gasteiger partial charge in [-0.05, 0) is 31.2 Å². The molecule has 1 heterocycles. The maximum atomic E-state index is 12.1. The van der Waals surface area contributed by atoms with Gasteiger partial charge in [-0.3, -0.25) is 4.79 Å². The lowest BCUT2D eigenvalue weighted by molar-refractivity contribution is 0.1000. The molecule has 2 rings (SSSR count). The van der Waals surface area contributed by atoms with Crippen LogP contribution in [0.1, 0.15) is 55.4 Å². The molecule has 1 aromatic carbocycles. The van der Waals surface area contributed by atoms with Gasteiger partial charge in [-0.25, -0.2) is 0 Å². The van der Waals surface area contributed by atoms with E-state index in [-0.39, 0.29) is 5.91 Å². The van der Waals surface area contributed by atoms with Crippen LogP contribution in [-0.4, -0.2) is 10.5 Å². The molecule has 0 spiro atoms. The lowest BCUT2D eigenvalue weighted by Gasteiger charge is -2.14. The van der Waals surface area contributed by atoms with E-state index in [9.17, 15) is 4.79 Å². The number of nitrogens with zero attached hydrogens (tertiary/aromatic N) is 1. The van der Waals surface area contributed by atoms with E-state index in [4.69, 9.17) is 5.73 Å². The second kappa shape index (κ2) is 7.49. The van der Waals surface area contributed by atoms with Crippen LogP contribution in [0.5, 0.6) is 0 Å². The monoisotopic (exact) mass is 312 g/mol. The molecule has 0 atom stereocenters. The van der Waals surface area contributed by atoms with Crippen LogP contribution in [0.3, 0.4) is 0 Å². The molecule has 3 heteroatoms. The minimum absolute atomic E-state index is 0.331. The fraction of sp³-hybridized carbons (Fsp3) is 0.450. The minimum Gasteiger partial charge on any atom is -0.366 e. The number of rotatable bonds is 7. The molecule has 23 heavy (non-hydrogen) atoms. The Labute approximate surface area is 139 Å². The van der Waals surface area contributed by atoms with Crippen LogP contribution >= 0.6 is 0 Å². The van der Waals surface area contributed by atoms with Crippen LogP contribution in [0.2, 0.25) is 0 Å². The summed E-state index contributed by atoms with van der Waals surface area (Å²) in [6.07, 6.45) is 3.10. The van der Waals surface area contributed by atoms with Crippen molar-refractivity contribution in [3.05, 3.63) is 47.3 Å². The first kappa shape index (κ1) is 17.3. The van der Waals surface area contributed by atoms with Crippen molar-refractivity contribution >= 4 is 5.91 Å². The fourth-order valence-electron chi connectivity index (χ4n) is 3.20. The first-order valence-electron chi connectivity index (χ1n) is 8.54. The van der Waals surface area contributed by atoms with Gasteiger partial charge in [0.25, 0.3) is 5.91 Å². The summed E-state index contributed by atoms with van der Waals surface area (Å²) in [5.74, 6) is 0.297. The summed E-state index contributed by atoms with van der Waals surface area (Å²) in [7, 11) is 0. The number of aromatic nitrogens is 1. The third-order valence-electron chi connectivity index (χ3n) is 4.36. The fourth-order valence-corrected chi connectivity index (χ4v) is 3.20. The van der Waals surface area contributed by atoms with Crippen molar-refractivity contribution in [3.8, 4) is 11.1 Å². The Morgan fingerprint density at radius 3 is 2.39 bits per heavy atom. The molecule has 0 saturated heterocycles. The number of carbonyl (C=O) groups is 1. The van der Waals surface area contributed by atoms with Gasteiger partial charge in [-0.1, -0.05) is 57.5 Å². The molecule has 0 aliphatic carbocycles. The molecule has 0 fully saturated rings. The van der Waals surface area contributed by atoms with Crippen molar-refractivity contribution in [3.63, 3.8) is 0 Å². The standard InChI is InChI=1S/C20H28N2O/c1-5-9-17-19(16-10-7-6-8-11-16)18(20(21)23)15(4)22(17)13-12-14(2)3/h6-8,10-11,14H,5,9,12-13H2,1-4H3,(H2,21,23). The summed E-state index contributed by atoms with van der Waals surface area (Å²) in [5.41, 5.74) is 10.8. The van der Waals surface area contributed by atoms with Gasteiger partial charge < -0.3 is 10.3 Å². The lowest BCUT2D eigenvalue weighted by atomic mass is 9.98. The van der Waals surface area contributed by atoms with Gasteiger partial charge in [0.2, 0.25) is 0 Å². The molecule has 0 aliphatic rings. The molecule has 0 unspecified atom stereocenters. The largest absolute Gasteiger partial charge is 0.366 e. The van der Waals surface area contributed by atoms with E-state index in [1.807, 2.05) is 25.1 Å². The Morgan fingerprint density at radius 2 is 1.87 bits per heavy atom. The van der Waals surface area contributed by atoms with Gasteiger partial charge in [0.15, 0.2) is 0 Å². The van der Waals surface area contributed by atoms with Crippen molar-refractivity contribution < 1.29 is 4.79 Å². The summed E-state index contributed by atoms with van der Waals surface area (Å²) in [4.78, 5) is 12.1. The van der Waals surface area contributed by atoms with Crippen LogP contribution in [-0.2, 0) is 13.0 Å². The van der Waals surface area contributed by atoms with Crippen LogP contribution in [0.4, 0.5) is 0 Å². The van der Waals surface area contributed by atoms with E-state index >= 15 is 0 Å². The Bertz CT molecular complexity index is 669. The van der Waals surface area contributed by atoms with E-state index < -0.39 is 0 Å². The van der Waals surface area contributed by atoms with Crippen LogP contribution in [0.15, 0.2) is 30.3 Å². The highest BCUT2D eigenvalue weighted by Crippen LogP contribution is 2.34. The zero-order valence-corrected chi connectivity index (χ0v) is 14.7. The number of primary amides is 1. The van der Waals surface area contributed by atoms with Gasteiger partial charge in [0, 0.05) is 23.5 Å². The van der Waals surface area contributed by atoms with Crippen molar-refractivity contribution in [2.45, 2.75) is 53.5 Å². The molecule has 0 radical (unpaired) electrons. The summed E-state index contributed by atoms with van der Waals surface area (Å²) >= 11 is 0. The summed E-state index contributed by atoms with van der Waals surface area (Å²) in [5, 5.41) is 0. The third kappa shape index (κ3) is 3.66. The molecule has 0 bridgehead atoms. The van der Waals surface area contributed by atoms with Crippen LogP contribution in [0.25, 0.3) is 11.1 Å². The lowest BCUT2D eigenvalue weighted by Crippen LogP contribution is -2.13. The Hall–Kier alpha value is -2.03. The Balaban J connectivity index is 2.66. The van der Waals surface area contributed by atoms with Crippen molar-refractivity contribution in [1.82, 2.24) is 4.57 Å². The molecule has 0 saturated carbocycles. The zero-order chi connectivity index (χ0) is 17.0. The molecular formula is C20H28N2O. The number of carbonyl (C=O) groups excluding carboxylic acids is 1. The minimum atomic E-state index is -0.331. The average molecular weight is 312 g/mol. The van der Waals surface area contributed by atoms with E-state index in [1.54, 1.807) is 0 Å². The van der Waals surface area contributed by atoms with E-state index in [0.717, 1.165) is 42.6 Å². The molecule has 2 N–H and O–H groups in total. The molecule has 124 valence electrons. The highest BCUT2D eigenvalue weighted by Gasteiger charge is 2.24. The molecule has 1 amide bonds. The number of hydrogen-bond acceptors (Lipinski definition) is 1. The van der Waals surface area contributed by atoms with Crippen LogP contribution < -0.4 is 5.73 Å². The third-order valence-corrected chi connectivity index (χ3v) is 4.36. The Morgan fingerprint density at radius 1 is 1.22 bits per heavy atom. The molecule has 1 aromatic heterocycles. The summed E-state index contributed by atoms with van der Waals surface area (Å²) in [6.45, 7) is 9.59. The predicted octanol–water partition coefficient (Wildman–Crippen LogP) is 4.56. The van der Waals surface area contributed by atoms with Crippen molar-refractivity contribution in [2.75, 3.05) is 0 Å². The molecule has 2 aromatic rings. The van der Waals surface area contributed by atoms with E-state index in [2.05, 4.69) is 37.5 Å². The topological polar surface area (TPSA) is 48.0 Å². The second-order valence-corrected chi connectivity index (χ2v) is 6.60. The Kier molecular flexibility index (Phi) is 5.64. The summed E-state index contributed by atoms with van der Waals surface area (Å²) < 4.78 is 2.31. The highest BCUT2D eigenvalue weighted by molar-refractivity contribution is 6.02. The number of nitrogens with two attached hydrogens (primary N) is 1. The SMILES string of the molecule is CCCc1c(-c2ccccc2)c(C(N)=O)c(C)n1CCC(C)C. The number of amides is 1. The second-order valence-electron chi connectivity index (χ2n) is 6.60. The van der Waals surface area contributed by atoms with Crippen molar-refractivity contribution in [1.29, 1.82) is 0 Å². The first-order valence-corrected chi connectivity index (χ1v) is 8.54. The molecule has 0 aliphatic heterocycles. The number of benzene rings is 1. The van der Waals surface area contributed by atoms with Crippen LogP contribution in [0, 0.1) is 12.8 Å². The smallest absolute Gasteiger partial charge is 0.251 e. The quantitative estimate of drug-likeness (QED) is 0.800. The van der Waals surface area contributed by atoms with Gasteiger partial charge in [0.1, 0.15) is 0 Å². The maximum absolute atomic E-state index is 12.1. The normalized spacial score (nSPS) is 11.2. The van der Waals surface area contributed by atoms with Gasteiger partial charge in [-0.15, -0.1) is 0 Å². The average Bonchev–Trinajstić information content (AvgIpc) is 2.79. The van der Waals surface area contributed by atoms with E-state index in [1.165, 1.54) is 5.69 Å². The molecular weight excluding hydrogens is 284 g/mol. The van der Waals surface area contributed by atoms with Gasteiger partial charge in [-0.2, -0.15) is 0 Å². The van der Waals surface area contributed by atoms with Crippen molar-refractivity contribution in [2.24, 2.45) is 11.7 Å². The molecule has 3 nitrogen and oxygen atoms in total. The number of hydrogen-bond donors (Lipinski definition) is 1. The zero-order valence-electron chi connectivity index (χ0n) is 14.7. The predicted molar refractivity (Wildman–Crippen MR) is 96.6 cm³/mol. The first-order chi connectivity index (χ1) is 11.0. The van der Waals surface area contributed by atoms with Gasteiger partial charge >= 0.3 is 0 Å². The highest BCUT2D eigenvalue weighted by atomic mass is 16.1. The maximum Gasteiger partial charge on any atom is 0.251 e. The van der Waals surface area contributed by atoms with Gasteiger partial charge in [0.05, 0.1) is 5.56 Å².